The highest BCUT2D eigenvalue weighted by Crippen LogP contribution is 1.93. The summed E-state index contributed by atoms with van der Waals surface area (Å²) in [6, 6.07) is 1.92. The second-order valence-corrected chi connectivity index (χ2v) is 1.83. The fourth-order valence-electron chi connectivity index (χ4n) is 0.489. The van der Waals surface area contributed by atoms with Crippen LogP contribution < -0.4 is 5.32 Å². The summed E-state index contributed by atoms with van der Waals surface area (Å²) < 4.78 is 0. The van der Waals surface area contributed by atoms with Crippen molar-refractivity contribution in [3.05, 3.63) is 11.6 Å². The molecule has 0 atom stereocenters. The molecule has 0 fully saturated rings. The van der Waals surface area contributed by atoms with Crippen LogP contribution in [0.4, 0.5) is 0 Å². The highest BCUT2D eigenvalue weighted by atomic mass is 16.1. The standard InChI is InChI=1S/C7H10N2O/c1-6(4-3-5-8)7(10)9-2/h4H,3H2,1-2H3,(H,9,10). The van der Waals surface area contributed by atoms with Crippen LogP contribution in [-0.4, -0.2) is 13.0 Å². The van der Waals surface area contributed by atoms with E-state index in [0.717, 1.165) is 0 Å². The predicted octanol–water partition coefficient (Wildman–Crippen LogP) is 0.592. The van der Waals surface area contributed by atoms with Gasteiger partial charge in [-0.05, 0) is 6.92 Å². The average molecular weight is 138 g/mol. The molecule has 10 heavy (non-hydrogen) atoms. The van der Waals surface area contributed by atoms with Crippen molar-refractivity contribution in [3.8, 4) is 6.07 Å². The molecule has 0 aliphatic heterocycles. The zero-order valence-electron chi connectivity index (χ0n) is 6.14. The van der Waals surface area contributed by atoms with Gasteiger partial charge in [-0.3, -0.25) is 4.79 Å². The van der Waals surface area contributed by atoms with Gasteiger partial charge in [0.1, 0.15) is 0 Å². The van der Waals surface area contributed by atoms with Crippen LogP contribution in [0.25, 0.3) is 0 Å². The minimum Gasteiger partial charge on any atom is -0.355 e. The van der Waals surface area contributed by atoms with Crippen LogP contribution in [0.2, 0.25) is 0 Å². The zero-order valence-corrected chi connectivity index (χ0v) is 6.14. The van der Waals surface area contributed by atoms with Crippen LogP contribution in [0.15, 0.2) is 11.6 Å². The number of rotatable bonds is 2. The minimum absolute atomic E-state index is 0.129. The average Bonchev–Trinajstić information content (AvgIpc) is 1.98. The van der Waals surface area contributed by atoms with E-state index in [1.54, 1.807) is 20.0 Å². The Kier molecular flexibility index (Phi) is 3.97. The largest absolute Gasteiger partial charge is 0.355 e. The maximum Gasteiger partial charge on any atom is 0.246 e. The lowest BCUT2D eigenvalue weighted by Gasteiger charge is -1.95. The van der Waals surface area contributed by atoms with E-state index in [0.29, 0.717) is 12.0 Å². The summed E-state index contributed by atoms with van der Waals surface area (Å²) in [5, 5.41) is 10.6. The van der Waals surface area contributed by atoms with E-state index in [1.165, 1.54) is 0 Å². The Balaban J connectivity index is 3.95. The summed E-state index contributed by atoms with van der Waals surface area (Å²) >= 11 is 0. The van der Waals surface area contributed by atoms with Crippen molar-refractivity contribution in [1.82, 2.24) is 5.32 Å². The summed E-state index contributed by atoms with van der Waals surface area (Å²) in [7, 11) is 1.56. The van der Waals surface area contributed by atoms with Gasteiger partial charge in [-0.25, -0.2) is 0 Å². The van der Waals surface area contributed by atoms with Crippen LogP contribution in [0.5, 0.6) is 0 Å². The number of hydrogen-bond donors (Lipinski definition) is 1. The first-order chi connectivity index (χ1) is 4.72. The van der Waals surface area contributed by atoms with Gasteiger partial charge in [0, 0.05) is 12.6 Å². The Morgan fingerprint density at radius 1 is 1.80 bits per heavy atom. The number of nitrogens with one attached hydrogen (secondary N) is 1. The summed E-state index contributed by atoms with van der Waals surface area (Å²) in [6.07, 6.45) is 1.89. The summed E-state index contributed by atoms with van der Waals surface area (Å²) in [4.78, 5) is 10.7. The molecule has 0 rings (SSSR count). The molecule has 0 unspecified atom stereocenters. The van der Waals surface area contributed by atoms with Crippen LogP contribution in [-0.2, 0) is 4.79 Å². The molecular formula is C7H10N2O. The van der Waals surface area contributed by atoms with Gasteiger partial charge in [-0.15, -0.1) is 0 Å². The SMILES string of the molecule is CNC(=O)C(C)=CCC#N. The monoisotopic (exact) mass is 138 g/mol. The van der Waals surface area contributed by atoms with Crippen molar-refractivity contribution in [1.29, 1.82) is 5.26 Å². The summed E-state index contributed by atoms with van der Waals surface area (Å²) in [5.41, 5.74) is 0.587. The molecule has 3 heteroatoms. The van der Waals surface area contributed by atoms with Gasteiger partial charge in [0.2, 0.25) is 5.91 Å². The number of nitrogens with zero attached hydrogens (tertiary/aromatic N) is 1. The van der Waals surface area contributed by atoms with Crippen molar-refractivity contribution in [2.75, 3.05) is 7.05 Å². The smallest absolute Gasteiger partial charge is 0.246 e. The molecule has 0 heterocycles. The molecule has 0 saturated heterocycles. The third kappa shape index (κ3) is 2.88. The second-order valence-electron chi connectivity index (χ2n) is 1.83. The molecule has 0 saturated carbocycles. The first-order valence-electron chi connectivity index (χ1n) is 2.98. The Morgan fingerprint density at radius 2 is 2.40 bits per heavy atom. The number of nitriles is 1. The highest BCUT2D eigenvalue weighted by molar-refractivity contribution is 5.92. The molecule has 0 aromatic carbocycles. The lowest BCUT2D eigenvalue weighted by atomic mass is 10.2. The van der Waals surface area contributed by atoms with E-state index in [2.05, 4.69) is 5.32 Å². The van der Waals surface area contributed by atoms with Gasteiger partial charge in [-0.1, -0.05) is 6.08 Å². The molecule has 0 aliphatic carbocycles. The molecular weight excluding hydrogens is 128 g/mol. The molecule has 1 amide bonds. The second kappa shape index (κ2) is 4.57. The molecule has 0 radical (unpaired) electrons. The molecule has 54 valence electrons. The zero-order chi connectivity index (χ0) is 7.98. The molecule has 0 spiro atoms. The normalized spacial score (nSPS) is 10.3. The molecule has 0 bridgehead atoms. The predicted molar refractivity (Wildman–Crippen MR) is 38.1 cm³/mol. The highest BCUT2D eigenvalue weighted by Gasteiger charge is 1.97. The Hall–Kier alpha value is -1.30. The molecule has 0 aliphatic rings. The van der Waals surface area contributed by atoms with Gasteiger partial charge < -0.3 is 5.32 Å². The number of carbonyl (C=O) groups is 1. The van der Waals surface area contributed by atoms with Gasteiger partial charge in [-0.2, -0.15) is 5.26 Å². The third-order valence-corrected chi connectivity index (χ3v) is 1.08. The maximum absolute atomic E-state index is 10.7. The van der Waals surface area contributed by atoms with Crippen molar-refractivity contribution >= 4 is 5.91 Å². The van der Waals surface area contributed by atoms with E-state index in [4.69, 9.17) is 5.26 Å². The Morgan fingerprint density at radius 3 is 2.80 bits per heavy atom. The number of carbonyl (C=O) groups excluding carboxylic acids is 1. The van der Waals surface area contributed by atoms with Gasteiger partial charge >= 0.3 is 0 Å². The fraction of sp³-hybridized carbons (Fsp3) is 0.429. The lowest BCUT2D eigenvalue weighted by molar-refractivity contribution is -0.117. The lowest BCUT2D eigenvalue weighted by Crippen LogP contribution is -2.18. The Bertz CT molecular complexity index is 188. The van der Waals surface area contributed by atoms with Crippen molar-refractivity contribution in [3.63, 3.8) is 0 Å². The van der Waals surface area contributed by atoms with E-state index in [9.17, 15) is 4.79 Å². The van der Waals surface area contributed by atoms with E-state index in [1.807, 2.05) is 6.07 Å². The van der Waals surface area contributed by atoms with E-state index in [-0.39, 0.29) is 5.91 Å². The Labute approximate surface area is 60.3 Å². The van der Waals surface area contributed by atoms with E-state index < -0.39 is 0 Å². The maximum atomic E-state index is 10.7. The van der Waals surface area contributed by atoms with E-state index >= 15 is 0 Å². The van der Waals surface area contributed by atoms with Crippen LogP contribution >= 0.6 is 0 Å². The molecule has 0 aromatic heterocycles. The summed E-state index contributed by atoms with van der Waals surface area (Å²) in [5.74, 6) is -0.129. The third-order valence-electron chi connectivity index (χ3n) is 1.08. The molecule has 0 aromatic rings. The number of likely N-dealkylation sites (N-methyl/N-ethyl adjacent to an activating group) is 1. The van der Waals surface area contributed by atoms with Crippen LogP contribution in [0, 0.1) is 11.3 Å². The summed E-state index contributed by atoms with van der Waals surface area (Å²) in [6.45, 7) is 1.68. The number of hydrogen-bond acceptors (Lipinski definition) is 2. The molecule has 1 N–H and O–H groups in total. The first-order valence-corrected chi connectivity index (χ1v) is 2.98. The van der Waals surface area contributed by atoms with Crippen molar-refractivity contribution < 1.29 is 4.79 Å². The van der Waals surface area contributed by atoms with Crippen molar-refractivity contribution in [2.24, 2.45) is 0 Å². The topological polar surface area (TPSA) is 52.9 Å². The van der Waals surface area contributed by atoms with Gasteiger partial charge in [0.25, 0.3) is 0 Å². The number of amides is 1. The van der Waals surface area contributed by atoms with Gasteiger partial charge in [0.05, 0.1) is 12.5 Å². The first kappa shape index (κ1) is 8.70. The fourth-order valence-corrected chi connectivity index (χ4v) is 0.489. The van der Waals surface area contributed by atoms with Crippen LogP contribution in [0.3, 0.4) is 0 Å². The van der Waals surface area contributed by atoms with Crippen LogP contribution in [0.1, 0.15) is 13.3 Å². The minimum atomic E-state index is -0.129. The number of allylic oxidation sites excluding steroid dienone is 1. The quantitative estimate of drug-likeness (QED) is 0.568. The van der Waals surface area contributed by atoms with Gasteiger partial charge in [0.15, 0.2) is 0 Å². The molecule has 3 nitrogen and oxygen atoms in total. The van der Waals surface area contributed by atoms with Crippen molar-refractivity contribution in [2.45, 2.75) is 13.3 Å².